The Labute approximate surface area is 95.2 Å². The quantitative estimate of drug-likeness (QED) is 0.815. The summed E-state index contributed by atoms with van der Waals surface area (Å²) >= 11 is 0. The fourth-order valence-electron chi connectivity index (χ4n) is 1.87. The molecule has 0 spiro atoms. The second kappa shape index (κ2) is 5.41. The summed E-state index contributed by atoms with van der Waals surface area (Å²) in [6.45, 7) is 1.85. The van der Waals surface area contributed by atoms with Crippen molar-refractivity contribution in [3.05, 3.63) is 0 Å². The van der Waals surface area contributed by atoms with Gasteiger partial charge in [0, 0.05) is 12.5 Å². The van der Waals surface area contributed by atoms with Crippen LogP contribution in [0.2, 0.25) is 0 Å². The first-order chi connectivity index (χ1) is 6.68. The van der Waals surface area contributed by atoms with Crippen LogP contribution < -0.4 is 5.32 Å². The molecule has 0 aromatic carbocycles. The van der Waals surface area contributed by atoms with Gasteiger partial charge >= 0.3 is 0 Å². The van der Waals surface area contributed by atoms with Gasteiger partial charge in [-0.05, 0) is 19.4 Å². The molecule has 1 aliphatic carbocycles. The van der Waals surface area contributed by atoms with Gasteiger partial charge < -0.3 is 10.1 Å². The molecule has 0 bridgehead atoms. The Morgan fingerprint density at radius 2 is 2.00 bits per heavy atom. The predicted octanol–water partition coefficient (Wildman–Crippen LogP) is 2.22. The number of hydrogen-bond acceptors (Lipinski definition) is 2. The van der Waals surface area contributed by atoms with E-state index in [0.717, 1.165) is 13.0 Å². The Kier molecular flexibility index (Phi) is 4.74. The van der Waals surface area contributed by atoms with Crippen LogP contribution in [-0.4, -0.2) is 31.7 Å². The Morgan fingerprint density at radius 1 is 1.27 bits per heavy atom. The standard InChI is InChI=1S/C10H17F2NO.ClH/c11-10(12)5-8(10)6-14-7-9-3-1-2-4-13-9;/h8-9,13H,1-7H2;1H. The summed E-state index contributed by atoms with van der Waals surface area (Å²) in [5.74, 6) is -2.94. The Morgan fingerprint density at radius 3 is 2.53 bits per heavy atom. The monoisotopic (exact) mass is 241 g/mol. The van der Waals surface area contributed by atoms with Crippen LogP contribution in [0.15, 0.2) is 0 Å². The van der Waals surface area contributed by atoms with Crippen LogP contribution in [-0.2, 0) is 4.74 Å². The zero-order valence-electron chi connectivity index (χ0n) is 8.68. The molecule has 2 fully saturated rings. The molecule has 1 saturated carbocycles. The van der Waals surface area contributed by atoms with Crippen LogP contribution in [0, 0.1) is 5.92 Å². The zero-order valence-corrected chi connectivity index (χ0v) is 9.49. The summed E-state index contributed by atoms with van der Waals surface area (Å²) in [5.41, 5.74) is 0. The summed E-state index contributed by atoms with van der Waals surface area (Å²) in [5, 5.41) is 3.32. The maximum Gasteiger partial charge on any atom is 0.253 e. The highest BCUT2D eigenvalue weighted by molar-refractivity contribution is 5.85. The molecule has 0 radical (unpaired) electrons. The largest absolute Gasteiger partial charge is 0.379 e. The summed E-state index contributed by atoms with van der Waals surface area (Å²) in [6, 6.07) is 0.385. The van der Waals surface area contributed by atoms with Crippen molar-refractivity contribution in [3.63, 3.8) is 0 Å². The van der Waals surface area contributed by atoms with Crippen LogP contribution in [0.5, 0.6) is 0 Å². The van der Waals surface area contributed by atoms with Crippen molar-refractivity contribution >= 4 is 12.4 Å². The van der Waals surface area contributed by atoms with Crippen LogP contribution in [0.25, 0.3) is 0 Å². The minimum atomic E-state index is -2.43. The highest BCUT2D eigenvalue weighted by atomic mass is 35.5. The van der Waals surface area contributed by atoms with Gasteiger partial charge in [0.1, 0.15) is 0 Å². The molecule has 2 nitrogen and oxygen atoms in total. The van der Waals surface area contributed by atoms with Crippen molar-refractivity contribution in [1.82, 2.24) is 5.32 Å². The second-order valence-electron chi connectivity index (χ2n) is 4.35. The summed E-state index contributed by atoms with van der Waals surface area (Å²) in [4.78, 5) is 0. The number of rotatable bonds is 4. The molecular formula is C10H18ClF2NO. The number of halogens is 3. The highest BCUT2D eigenvalue weighted by Crippen LogP contribution is 2.48. The first-order valence-corrected chi connectivity index (χ1v) is 5.37. The third-order valence-electron chi connectivity index (χ3n) is 3.01. The van der Waals surface area contributed by atoms with Crippen molar-refractivity contribution in [2.75, 3.05) is 19.8 Å². The summed E-state index contributed by atoms with van der Waals surface area (Å²) < 4.78 is 30.2. The van der Waals surface area contributed by atoms with Crippen molar-refractivity contribution in [1.29, 1.82) is 0 Å². The number of ether oxygens (including phenoxy) is 1. The molecule has 0 aromatic rings. The molecule has 1 aliphatic heterocycles. The van der Waals surface area contributed by atoms with E-state index in [4.69, 9.17) is 4.74 Å². The molecule has 2 rings (SSSR count). The van der Waals surface area contributed by atoms with Crippen LogP contribution >= 0.6 is 12.4 Å². The lowest BCUT2D eigenvalue weighted by Gasteiger charge is -2.23. The highest BCUT2D eigenvalue weighted by Gasteiger charge is 2.56. The van der Waals surface area contributed by atoms with E-state index in [1.165, 1.54) is 12.8 Å². The molecular weight excluding hydrogens is 224 g/mol. The van der Waals surface area contributed by atoms with E-state index in [2.05, 4.69) is 5.32 Å². The molecule has 2 unspecified atom stereocenters. The van der Waals surface area contributed by atoms with Crippen molar-refractivity contribution in [2.45, 2.75) is 37.6 Å². The van der Waals surface area contributed by atoms with Crippen LogP contribution in [0.4, 0.5) is 8.78 Å². The number of alkyl halides is 2. The van der Waals surface area contributed by atoms with E-state index >= 15 is 0 Å². The molecule has 90 valence electrons. The molecule has 15 heavy (non-hydrogen) atoms. The Balaban J connectivity index is 0.00000112. The van der Waals surface area contributed by atoms with E-state index < -0.39 is 11.8 Å². The minimum absolute atomic E-state index is 0. The minimum Gasteiger partial charge on any atom is -0.379 e. The van der Waals surface area contributed by atoms with E-state index in [1.54, 1.807) is 0 Å². The SMILES string of the molecule is Cl.FC1(F)CC1COCC1CCCCN1. The number of hydrogen-bond donors (Lipinski definition) is 1. The van der Waals surface area contributed by atoms with Gasteiger partial charge in [-0.25, -0.2) is 8.78 Å². The molecule has 0 amide bonds. The van der Waals surface area contributed by atoms with Gasteiger partial charge in [-0.1, -0.05) is 6.42 Å². The third-order valence-corrected chi connectivity index (χ3v) is 3.01. The average Bonchev–Trinajstić information content (AvgIpc) is 2.76. The molecule has 0 aromatic heterocycles. The molecule has 1 saturated heterocycles. The first kappa shape index (κ1) is 13.1. The van der Waals surface area contributed by atoms with Crippen molar-refractivity contribution in [3.8, 4) is 0 Å². The Bertz CT molecular complexity index is 198. The van der Waals surface area contributed by atoms with Gasteiger partial charge in [0.25, 0.3) is 5.92 Å². The molecule has 1 N–H and O–H groups in total. The predicted molar refractivity (Wildman–Crippen MR) is 56.8 cm³/mol. The lowest BCUT2D eigenvalue weighted by molar-refractivity contribution is 0.0449. The average molecular weight is 242 g/mol. The topological polar surface area (TPSA) is 21.3 Å². The van der Waals surface area contributed by atoms with E-state index in [9.17, 15) is 8.78 Å². The van der Waals surface area contributed by atoms with Crippen molar-refractivity contribution in [2.24, 2.45) is 5.92 Å². The maximum absolute atomic E-state index is 12.5. The lowest BCUT2D eigenvalue weighted by Crippen LogP contribution is -2.37. The van der Waals surface area contributed by atoms with Gasteiger partial charge in [-0.15, -0.1) is 12.4 Å². The fourth-order valence-corrected chi connectivity index (χ4v) is 1.87. The number of piperidine rings is 1. The summed E-state index contributed by atoms with van der Waals surface area (Å²) in [7, 11) is 0. The third kappa shape index (κ3) is 3.85. The van der Waals surface area contributed by atoms with Gasteiger partial charge in [-0.2, -0.15) is 0 Å². The molecule has 1 heterocycles. The van der Waals surface area contributed by atoms with Crippen molar-refractivity contribution < 1.29 is 13.5 Å². The smallest absolute Gasteiger partial charge is 0.253 e. The normalized spacial score (nSPS) is 33.2. The molecule has 2 aliphatic rings. The second-order valence-corrected chi connectivity index (χ2v) is 4.35. The van der Waals surface area contributed by atoms with Crippen LogP contribution in [0.1, 0.15) is 25.7 Å². The van der Waals surface area contributed by atoms with E-state index in [0.29, 0.717) is 12.6 Å². The molecule has 2 atom stereocenters. The van der Waals surface area contributed by atoms with E-state index in [-0.39, 0.29) is 25.4 Å². The van der Waals surface area contributed by atoms with Gasteiger partial charge in [-0.3, -0.25) is 0 Å². The van der Waals surface area contributed by atoms with Gasteiger partial charge in [0.15, 0.2) is 0 Å². The van der Waals surface area contributed by atoms with Gasteiger partial charge in [0.2, 0.25) is 0 Å². The lowest BCUT2D eigenvalue weighted by atomic mass is 10.1. The fraction of sp³-hybridized carbons (Fsp3) is 1.00. The van der Waals surface area contributed by atoms with Gasteiger partial charge in [0.05, 0.1) is 19.1 Å². The zero-order chi connectivity index (χ0) is 10.0. The summed E-state index contributed by atoms with van der Waals surface area (Å²) in [6.07, 6.45) is 3.57. The number of nitrogens with one attached hydrogen (secondary N) is 1. The maximum atomic E-state index is 12.5. The van der Waals surface area contributed by atoms with Crippen LogP contribution in [0.3, 0.4) is 0 Å². The van der Waals surface area contributed by atoms with E-state index in [1.807, 2.05) is 0 Å². The Hall–Kier alpha value is 0.0700. The molecule has 5 heteroatoms. The first-order valence-electron chi connectivity index (χ1n) is 5.37.